The Morgan fingerprint density at radius 3 is 2.38 bits per heavy atom. The molecule has 0 aliphatic carbocycles. The summed E-state index contributed by atoms with van der Waals surface area (Å²) in [5.41, 5.74) is 0.0973. The molecule has 0 atom stereocenters. The molecule has 0 aliphatic heterocycles. The number of hydrogen-bond acceptors (Lipinski definition) is 3. The van der Waals surface area contributed by atoms with Gasteiger partial charge in [0.25, 0.3) is 10.1 Å². The summed E-state index contributed by atoms with van der Waals surface area (Å²) in [4.78, 5) is 9.92. The molecule has 0 heterocycles. The summed E-state index contributed by atoms with van der Waals surface area (Å²) >= 11 is 5.50. The van der Waals surface area contributed by atoms with Crippen LogP contribution in [0, 0.1) is 0 Å². The Bertz CT molecular complexity index is 438. The quantitative estimate of drug-likeness (QED) is 0.604. The molecule has 0 aromatic heterocycles. The standard InChI is InChI=1S/C7H5ClO4S/c8-6-1-5(4-9)2-7(3-6)13(10,11)12/h1-4H,(H,10,11,12). The lowest BCUT2D eigenvalue weighted by Crippen LogP contribution is -1.98. The summed E-state index contributed by atoms with van der Waals surface area (Å²) in [7, 11) is -4.30. The Morgan fingerprint density at radius 1 is 1.31 bits per heavy atom. The molecular weight excluding hydrogens is 216 g/mol. The zero-order valence-electron chi connectivity index (χ0n) is 6.27. The maximum absolute atomic E-state index is 10.6. The first-order chi connectivity index (χ1) is 5.93. The van der Waals surface area contributed by atoms with E-state index in [4.69, 9.17) is 16.2 Å². The van der Waals surface area contributed by atoms with Gasteiger partial charge in [-0.25, -0.2) is 0 Å². The molecule has 1 N–H and O–H groups in total. The fourth-order valence-electron chi connectivity index (χ4n) is 0.801. The fraction of sp³-hybridized carbons (Fsp3) is 0. The molecule has 1 rings (SSSR count). The lowest BCUT2D eigenvalue weighted by atomic mass is 10.2. The van der Waals surface area contributed by atoms with Crippen LogP contribution in [-0.4, -0.2) is 19.3 Å². The summed E-state index contributed by atoms with van der Waals surface area (Å²) < 4.78 is 29.9. The molecule has 1 aromatic carbocycles. The van der Waals surface area contributed by atoms with E-state index in [-0.39, 0.29) is 15.5 Å². The monoisotopic (exact) mass is 220 g/mol. The normalized spacial score (nSPS) is 11.2. The van der Waals surface area contributed by atoms with Gasteiger partial charge in [-0.1, -0.05) is 11.6 Å². The molecule has 4 nitrogen and oxygen atoms in total. The van der Waals surface area contributed by atoms with Crippen molar-refractivity contribution in [2.45, 2.75) is 4.90 Å². The second-order valence-electron chi connectivity index (χ2n) is 2.31. The second-order valence-corrected chi connectivity index (χ2v) is 4.17. The van der Waals surface area contributed by atoms with E-state index in [1.165, 1.54) is 6.07 Å². The third-order valence-corrected chi connectivity index (χ3v) is 2.38. The van der Waals surface area contributed by atoms with E-state index in [1.54, 1.807) is 0 Å². The Labute approximate surface area is 79.9 Å². The van der Waals surface area contributed by atoms with Gasteiger partial charge in [0.1, 0.15) is 6.29 Å². The van der Waals surface area contributed by atoms with E-state index in [0.717, 1.165) is 12.1 Å². The zero-order chi connectivity index (χ0) is 10.1. The van der Waals surface area contributed by atoms with Gasteiger partial charge in [-0.2, -0.15) is 8.42 Å². The highest BCUT2D eigenvalue weighted by Crippen LogP contribution is 2.17. The number of aldehydes is 1. The lowest BCUT2D eigenvalue weighted by molar-refractivity contribution is 0.112. The predicted octanol–water partition coefficient (Wildman–Crippen LogP) is 1.40. The van der Waals surface area contributed by atoms with Crippen molar-refractivity contribution in [2.24, 2.45) is 0 Å². The van der Waals surface area contributed by atoms with Gasteiger partial charge in [-0.3, -0.25) is 9.35 Å². The van der Waals surface area contributed by atoms with Gasteiger partial charge in [0.2, 0.25) is 0 Å². The molecule has 0 unspecified atom stereocenters. The molecule has 1 aromatic rings. The number of rotatable bonds is 2. The van der Waals surface area contributed by atoms with E-state index in [9.17, 15) is 13.2 Å². The summed E-state index contributed by atoms with van der Waals surface area (Å²) in [6, 6.07) is 3.39. The highest BCUT2D eigenvalue weighted by atomic mass is 35.5. The minimum Gasteiger partial charge on any atom is -0.298 e. The molecule has 0 saturated carbocycles. The average Bonchev–Trinajstić information content (AvgIpc) is 2.01. The molecule has 13 heavy (non-hydrogen) atoms. The zero-order valence-corrected chi connectivity index (χ0v) is 7.84. The smallest absolute Gasteiger partial charge is 0.294 e. The highest BCUT2D eigenvalue weighted by Gasteiger charge is 2.11. The molecule has 6 heteroatoms. The van der Waals surface area contributed by atoms with Crippen molar-refractivity contribution in [3.63, 3.8) is 0 Å². The maximum Gasteiger partial charge on any atom is 0.294 e. The number of carbonyl (C=O) groups excluding carboxylic acids is 1. The average molecular weight is 221 g/mol. The topological polar surface area (TPSA) is 71.4 Å². The number of carbonyl (C=O) groups is 1. The predicted molar refractivity (Wildman–Crippen MR) is 46.7 cm³/mol. The van der Waals surface area contributed by atoms with E-state index in [0.29, 0.717) is 6.29 Å². The first-order valence-electron chi connectivity index (χ1n) is 3.17. The van der Waals surface area contributed by atoms with E-state index in [2.05, 4.69) is 0 Å². The van der Waals surface area contributed by atoms with Crippen LogP contribution in [0.3, 0.4) is 0 Å². The van der Waals surface area contributed by atoms with Crippen LogP contribution in [0.2, 0.25) is 5.02 Å². The summed E-state index contributed by atoms with van der Waals surface area (Å²) in [6.45, 7) is 0. The Kier molecular flexibility index (Phi) is 2.70. The molecule has 0 bridgehead atoms. The molecule has 0 saturated heterocycles. The van der Waals surface area contributed by atoms with Gasteiger partial charge in [0.05, 0.1) is 4.90 Å². The van der Waals surface area contributed by atoms with Gasteiger partial charge in [-0.15, -0.1) is 0 Å². The summed E-state index contributed by atoms with van der Waals surface area (Å²) in [5, 5.41) is 0.0808. The molecule has 0 fully saturated rings. The maximum atomic E-state index is 10.6. The van der Waals surface area contributed by atoms with Crippen LogP contribution in [0.25, 0.3) is 0 Å². The highest BCUT2D eigenvalue weighted by molar-refractivity contribution is 7.85. The van der Waals surface area contributed by atoms with Crippen molar-refractivity contribution in [1.82, 2.24) is 0 Å². The van der Waals surface area contributed by atoms with Gasteiger partial charge >= 0.3 is 0 Å². The molecule has 70 valence electrons. The van der Waals surface area contributed by atoms with Gasteiger partial charge in [-0.05, 0) is 18.2 Å². The SMILES string of the molecule is O=Cc1cc(Cl)cc(S(=O)(=O)O)c1. The fourth-order valence-corrected chi connectivity index (χ4v) is 1.67. The van der Waals surface area contributed by atoms with Crippen molar-refractivity contribution in [1.29, 1.82) is 0 Å². The van der Waals surface area contributed by atoms with Crippen LogP contribution < -0.4 is 0 Å². The number of benzene rings is 1. The number of hydrogen-bond donors (Lipinski definition) is 1. The van der Waals surface area contributed by atoms with Crippen LogP contribution >= 0.6 is 11.6 Å². The van der Waals surface area contributed by atoms with E-state index in [1.807, 2.05) is 0 Å². The van der Waals surface area contributed by atoms with E-state index < -0.39 is 10.1 Å². The second kappa shape index (κ2) is 3.45. The molecule has 0 amide bonds. The van der Waals surface area contributed by atoms with Crippen molar-refractivity contribution in [3.05, 3.63) is 28.8 Å². The van der Waals surface area contributed by atoms with Crippen LogP contribution in [-0.2, 0) is 10.1 Å². The van der Waals surface area contributed by atoms with Crippen LogP contribution in [0.4, 0.5) is 0 Å². The van der Waals surface area contributed by atoms with Crippen LogP contribution in [0.15, 0.2) is 23.1 Å². The third kappa shape index (κ3) is 2.51. The van der Waals surface area contributed by atoms with Gasteiger partial charge in [0.15, 0.2) is 0 Å². The first-order valence-corrected chi connectivity index (χ1v) is 4.98. The molecule has 0 aliphatic rings. The Balaban J connectivity index is 3.41. The van der Waals surface area contributed by atoms with Crippen molar-refractivity contribution >= 4 is 28.0 Å². The lowest BCUT2D eigenvalue weighted by Gasteiger charge is -1.98. The Hall–Kier alpha value is -0.910. The summed E-state index contributed by atoms with van der Waals surface area (Å²) in [6.07, 6.45) is 0.445. The van der Waals surface area contributed by atoms with Crippen molar-refractivity contribution in [2.75, 3.05) is 0 Å². The molecular formula is C7H5ClO4S. The van der Waals surface area contributed by atoms with Gasteiger partial charge < -0.3 is 0 Å². The van der Waals surface area contributed by atoms with Crippen molar-refractivity contribution in [3.8, 4) is 0 Å². The number of halogens is 1. The Morgan fingerprint density at radius 2 is 1.92 bits per heavy atom. The third-order valence-electron chi connectivity index (χ3n) is 1.33. The minimum atomic E-state index is -4.30. The molecule has 0 spiro atoms. The largest absolute Gasteiger partial charge is 0.298 e. The first kappa shape index (κ1) is 10.2. The van der Waals surface area contributed by atoms with Gasteiger partial charge in [0, 0.05) is 10.6 Å². The van der Waals surface area contributed by atoms with Crippen LogP contribution in [0.1, 0.15) is 10.4 Å². The summed E-state index contributed by atoms with van der Waals surface area (Å²) in [5.74, 6) is 0. The molecule has 0 radical (unpaired) electrons. The van der Waals surface area contributed by atoms with Crippen molar-refractivity contribution < 1.29 is 17.8 Å². The van der Waals surface area contributed by atoms with Crippen LogP contribution in [0.5, 0.6) is 0 Å². The van der Waals surface area contributed by atoms with E-state index >= 15 is 0 Å². The minimum absolute atomic E-state index is 0.0808.